The summed E-state index contributed by atoms with van der Waals surface area (Å²) in [6.45, 7) is 0.897. The van der Waals surface area contributed by atoms with Crippen molar-refractivity contribution in [1.29, 1.82) is 0 Å². The molecule has 0 N–H and O–H groups in total. The van der Waals surface area contributed by atoms with Gasteiger partial charge in [-0.05, 0) is 6.42 Å². The summed E-state index contributed by atoms with van der Waals surface area (Å²) in [5.41, 5.74) is 0. The van der Waals surface area contributed by atoms with E-state index in [1.54, 1.807) is 7.05 Å². The third kappa shape index (κ3) is 11.7. The van der Waals surface area contributed by atoms with Gasteiger partial charge in [-0.2, -0.15) is 7.05 Å². The normalized spacial score (nSPS) is 8.11. The molecule has 0 rings (SSSR count). The quantitative estimate of drug-likeness (QED) is 0.447. The summed E-state index contributed by atoms with van der Waals surface area (Å²) in [5, 5.41) is 3.89. The molecule has 0 aromatic carbocycles. The first-order valence-electron chi connectivity index (χ1n) is 2.91. The molecule has 0 bridgehead atoms. The first-order chi connectivity index (χ1) is 3.91. The maximum absolute atomic E-state index is 9.74. The van der Waals surface area contributed by atoms with E-state index in [0.29, 0.717) is 6.42 Å². The van der Waals surface area contributed by atoms with E-state index in [0.717, 1.165) is 25.7 Å². The minimum absolute atomic E-state index is 0. The second kappa shape index (κ2) is 11.1. The van der Waals surface area contributed by atoms with Gasteiger partial charge in [0, 0.05) is 25.0 Å². The van der Waals surface area contributed by atoms with Crippen LogP contribution in [0.2, 0.25) is 0 Å². The fourth-order valence-corrected chi connectivity index (χ4v) is 0.498. The van der Waals surface area contributed by atoms with Crippen molar-refractivity contribution in [3.05, 3.63) is 5.32 Å². The Bertz CT molecular complexity index is 59.0. The van der Waals surface area contributed by atoms with Gasteiger partial charge in [-0.3, -0.25) is 0 Å². The molecule has 0 aliphatic rings. The third-order valence-electron chi connectivity index (χ3n) is 0.954. The smallest absolute Gasteiger partial charge is 0.119 e. The maximum atomic E-state index is 9.74. The summed E-state index contributed by atoms with van der Waals surface area (Å²) in [4.78, 5) is 9.74. The van der Waals surface area contributed by atoms with Crippen LogP contribution in [0.4, 0.5) is 0 Å². The summed E-state index contributed by atoms with van der Waals surface area (Å²) < 4.78 is 0. The molecule has 0 aromatic heterocycles. The zero-order valence-corrected chi connectivity index (χ0v) is 7.11. The number of carbonyl (C=O) groups excluding carboxylic acids is 1. The zero-order chi connectivity index (χ0) is 6.24. The molecule has 0 aliphatic heterocycles. The average Bonchev–Trinajstić information content (AvgIpc) is 1.81. The fourth-order valence-electron chi connectivity index (χ4n) is 0.498. The summed E-state index contributed by atoms with van der Waals surface area (Å²) in [6.07, 6.45) is 3.68. The van der Waals surface area contributed by atoms with Gasteiger partial charge in [-0.15, -0.1) is 6.54 Å². The van der Waals surface area contributed by atoms with Gasteiger partial charge < -0.3 is 10.1 Å². The van der Waals surface area contributed by atoms with E-state index >= 15 is 0 Å². The van der Waals surface area contributed by atoms with Crippen LogP contribution in [0.1, 0.15) is 19.3 Å². The molecule has 0 saturated heterocycles. The number of unbranched alkanes of at least 4 members (excludes halogenated alkanes) is 2. The third-order valence-corrected chi connectivity index (χ3v) is 0.954. The summed E-state index contributed by atoms with van der Waals surface area (Å²) in [5.74, 6) is 0. The molecule has 0 spiro atoms. The molecule has 53 valence electrons. The standard InChI is InChI=1S/C6H12NO.V/c1-7-5-3-2-4-6-8;/h6H,2-5H2,1H3;/q-1;. The summed E-state index contributed by atoms with van der Waals surface area (Å²) in [7, 11) is 1.79. The van der Waals surface area contributed by atoms with Crippen LogP contribution in [0, 0.1) is 0 Å². The monoisotopic (exact) mass is 165 g/mol. The van der Waals surface area contributed by atoms with Crippen LogP contribution in [0.3, 0.4) is 0 Å². The summed E-state index contributed by atoms with van der Waals surface area (Å²) >= 11 is 0. The van der Waals surface area contributed by atoms with Crippen molar-refractivity contribution in [3.8, 4) is 0 Å². The molecule has 0 aromatic rings. The van der Waals surface area contributed by atoms with E-state index in [9.17, 15) is 4.79 Å². The zero-order valence-electron chi connectivity index (χ0n) is 5.71. The number of carbonyl (C=O) groups is 1. The fraction of sp³-hybridized carbons (Fsp3) is 0.833. The summed E-state index contributed by atoms with van der Waals surface area (Å²) in [6, 6.07) is 0. The Hall–Kier alpha value is 0.214. The Morgan fingerprint density at radius 3 is 2.56 bits per heavy atom. The number of hydrogen-bond acceptors (Lipinski definition) is 1. The Kier molecular flexibility index (Phi) is 14.7. The van der Waals surface area contributed by atoms with Gasteiger partial charge in [0.25, 0.3) is 0 Å². The van der Waals surface area contributed by atoms with Crippen LogP contribution in [-0.2, 0) is 23.4 Å². The van der Waals surface area contributed by atoms with E-state index < -0.39 is 0 Å². The first-order valence-corrected chi connectivity index (χ1v) is 2.91. The SMILES string of the molecule is C[N-]CCCCC=O.[V]. The van der Waals surface area contributed by atoms with Crippen LogP contribution in [0.25, 0.3) is 5.32 Å². The van der Waals surface area contributed by atoms with Crippen molar-refractivity contribution in [2.75, 3.05) is 13.6 Å². The average molecular weight is 165 g/mol. The topological polar surface area (TPSA) is 31.2 Å². The molecule has 0 heterocycles. The Balaban J connectivity index is 0. The predicted octanol–water partition coefficient (Wildman–Crippen LogP) is 1.36. The number of hydrogen-bond donors (Lipinski definition) is 0. The second-order valence-electron chi connectivity index (χ2n) is 1.70. The molecule has 9 heavy (non-hydrogen) atoms. The number of aldehydes is 1. The van der Waals surface area contributed by atoms with Gasteiger partial charge >= 0.3 is 0 Å². The molecule has 0 unspecified atom stereocenters. The minimum Gasteiger partial charge on any atom is -0.665 e. The Morgan fingerprint density at radius 1 is 1.44 bits per heavy atom. The Morgan fingerprint density at radius 2 is 2.11 bits per heavy atom. The van der Waals surface area contributed by atoms with Crippen LogP contribution in [-0.4, -0.2) is 19.9 Å². The van der Waals surface area contributed by atoms with Gasteiger partial charge in [-0.1, -0.05) is 6.42 Å². The molecule has 0 amide bonds. The maximum Gasteiger partial charge on any atom is 0.119 e. The van der Waals surface area contributed by atoms with Crippen LogP contribution in [0.15, 0.2) is 0 Å². The van der Waals surface area contributed by atoms with Crippen molar-refractivity contribution >= 4 is 6.29 Å². The number of rotatable bonds is 5. The predicted molar refractivity (Wildman–Crippen MR) is 34.1 cm³/mol. The van der Waals surface area contributed by atoms with Gasteiger partial charge in [0.1, 0.15) is 6.29 Å². The number of nitrogens with zero attached hydrogens (tertiary/aromatic N) is 1. The molecule has 2 nitrogen and oxygen atoms in total. The van der Waals surface area contributed by atoms with Crippen LogP contribution in [0.5, 0.6) is 0 Å². The molecular formula is C6H12NOV-. The van der Waals surface area contributed by atoms with Crippen molar-refractivity contribution in [2.45, 2.75) is 19.3 Å². The molecule has 0 atom stereocenters. The van der Waals surface area contributed by atoms with E-state index in [1.165, 1.54) is 0 Å². The Labute approximate surface area is 68.3 Å². The van der Waals surface area contributed by atoms with E-state index in [-0.39, 0.29) is 18.6 Å². The molecule has 1 radical (unpaired) electrons. The van der Waals surface area contributed by atoms with Crippen LogP contribution < -0.4 is 0 Å². The largest absolute Gasteiger partial charge is 0.665 e. The van der Waals surface area contributed by atoms with Crippen molar-refractivity contribution in [2.24, 2.45) is 0 Å². The molecule has 3 heteroatoms. The van der Waals surface area contributed by atoms with E-state index in [2.05, 4.69) is 5.32 Å². The molecular weight excluding hydrogens is 153 g/mol. The molecule has 0 fully saturated rings. The van der Waals surface area contributed by atoms with Crippen LogP contribution >= 0.6 is 0 Å². The van der Waals surface area contributed by atoms with Gasteiger partial charge in [0.05, 0.1) is 0 Å². The molecule has 0 aliphatic carbocycles. The van der Waals surface area contributed by atoms with Gasteiger partial charge in [-0.25, -0.2) is 0 Å². The van der Waals surface area contributed by atoms with Crippen molar-refractivity contribution in [3.63, 3.8) is 0 Å². The van der Waals surface area contributed by atoms with Crippen molar-refractivity contribution in [1.82, 2.24) is 0 Å². The minimum atomic E-state index is 0. The second-order valence-corrected chi connectivity index (χ2v) is 1.70. The van der Waals surface area contributed by atoms with Crippen molar-refractivity contribution < 1.29 is 23.4 Å². The molecule has 0 saturated carbocycles. The van der Waals surface area contributed by atoms with Gasteiger partial charge in [0.2, 0.25) is 0 Å². The van der Waals surface area contributed by atoms with Gasteiger partial charge in [0.15, 0.2) is 0 Å². The van der Waals surface area contributed by atoms with E-state index in [1.807, 2.05) is 0 Å². The first kappa shape index (κ1) is 11.9. The van der Waals surface area contributed by atoms with E-state index in [4.69, 9.17) is 0 Å².